The van der Waals surface area contributed by atoms with Crippen molar-refractivity contribution in [3.8, 4) is 5.69 Å². The molecule has 0 atom stereocenters. The lowest BCUT2D eigenvalue weighted by atomic mass is 10.1. The average Bonchev–Trinajstić information content (AvgIpc) is 2.93. The third-order valence-electron chi connectivity index (χ3n) is 3.95. The second-order valence-electron chi connectivity index (χ2n) is 5.66. The van der Waals surface area contributed by atoms with Crippen LogP contribution in [0.5, 0.6) is 0 Å². The van der Waals surface area contributed by atoms with Crippen molar-refractivity contribution in [3.63, 3.8) is 0 Å². The van der Waals surface area contributed by atoms with Gasteiger partial charge in [0, 0.05) is 5.69 Å². The van der Waals surface area contributed by atoms with Crippen molar-refractivity contribution in [2.75, 3.05) is 5.32 Å². The van der Waals surface area contributed by atoms with Crippen LogP contribution in [0.4, 0.5) is 10.1 Å². The normalized spacial score (nSPS) is 10.7. The summed E-state index contributed by atoms with van der Waals surface area (Å²) >= 11 is 0. The Kier molecular flexibility index (Phi) is 4.12. The van der Waals surface area contributed by atoms with E-state index in [9.17, 15) is 9.18 Å². The molecule has 0 saturated carbocycles. The van der Waals surface area contributed by atoms with Gasteiger partial charge in [0.2, 0.25) is 0 Å². The third kappa shape index (κ3) is 3.03. The van der Waals surface area contributed by atoms with E-state index in [1.807, 2.05) is 32.0 Å². The van der Waals surface area contributed by atoms with Gasteiger partial charge in [0.05, 0.1) is 11.4 Å². The lowest BCUT2D eigenvalue weighted by Gasteiger charge is -2.07. The minimum absolute atomic E-state index is 0.234. The molecule has 0 bridgehead atoms. The molecule has 122 valence electrons. The van der Waals surface area contributed by atoms with Crippen molar-refractivity contribution in [3.05, 3.63) is 70.8 Å². The Hall–Kier alpha value is -3.02. The lowest BCUT2D eigenvalue weighted by Crippen LogP contribution is -2.14. The number of aryl methyl sites for hydroxylation is 2. The van der Waals surface area contributed by atoms with Crippen LogP contribution in [-0.4, -0.2) is 20.9 Å². The number of rotatable bonds is 3. The van der Waals surface area contributed by atoms with Crippen LogP contribution in [0, 0.1) is 26.6 Å². The van der Waals surface area contributed by atoms with E-state index in [-0.39, 0.29) is 17.4 Å². The standard InChI is InChI=1S/C18H17FN4O/c1-11-4-7-15(10-12(11)2)20-18(24)17-13(3)23(22-21-17)16-8-5-14(19)6-9-16/h4-10H,1-3H3,(H,20,24). The molecular formula is C18H17FN4O. The molecule has 0 spiro atoms. The topological polar surface area (TPSA) is 59.8 Å². The van der Waals surface area contributed by atoms with Crippen LogP contribution >= 0.6 is 0 Å². The molecule has 2 aromatic carbocycles. The maximum atomic E-state index is 13.0. The quantitative estimate of drug-likeness (QED) is 0.801. The van der Waals surface area contributed by atoms with Gasteiger partial charge in [-0.25, -0.2) is 9.07 Å². The number of benzene rings is 2. The van der Waals surface area contributed by atoms with Crippen LogP contribution < -0.4 is 5.32 Å². The lowest BCUT2D eigenvalue weighted by molar-refractivity contribution is 0.102. The fourth-order valence-corrected chi connectivity index (χ4v) is 2.38. The van der Waals surface area contributed by atoms with Crippen LogP contribution in [0.3, 0.4) is 0 Å². The van der Waals surface area contributed by atoms with Crippen molar-refractivity contribution in [2.45, 2.75) is 20.8 Å². The van der Waals surface area contributed by atoms with E-state index in [4.69, 9.17) is 0 Å². The van der Waals surface area contributed by atoms with Crippen molar-refractivity contribution in [1.29, 1.82) is 0 Å². The Morgan fingerprint density at radius 2 is 1.75 bits per heavy atom. The number of amides is 1. The first kappa shape index (κ1) is 15.9. The number of anilines is 1. The number of carbonyl (C=O) groups is 1. The smallest absolute Gasteiger partial charge is 0.278 e. The first-order valence-electron chi connectivity index (χ1n) is 7.52. The number of hydrogen-bond acceptors (Lipinski definition) is 3. The summed E-state index contributed by atoms with van der Waals surface area (Å²) in [7, 11) is 0. The molecule has 3 rings (SSSR count). The van der Waals surface area contributed by atoms with Gasteiger partial charge in [-0.1, -0.05) is 11.3 Å². The van der Waals surface area contributed by atoms with Crippen molar-refractivity contribution >= 4 is 11.6 Å². The van der Waals surface area contributed by atoms with Gasteiger partial charge >= 0.3 is 0 Å². The van der Waals surface area contributed by atoms with Gasteiger partial charge in [0.1, 0.15) is 5.82 Å². The largest absolute Gasteiger partial charge is 0.321 e. The second kappa shape index (κ2) is 6.23. The second-order valence-corrected chi connectivity index (χ2v) is 5.66. The molecule has 1 heterocycles. The molecule has 0 saturated heterocycles. The molecule has 1 N–H and O–H groups in total. The minimum Gasteiger partial charge on any atom is -0.321 e. The van der Waals surface area contributed by atoms with E-state index in [0.29, 0.717) is 17.1 Å². The third-order valence-corrected chi connectivity index (χ3v) is 3.95. The van der Waals surface area contributed by atoms with Gasteiger partial charge in [0.15, 0.2) is 5.69 Å². The van der Waals surface area contributed by atoms with Crippen molar-refractivity contribution in [1.82, 2.24) is 15.0 Å². The van der Waals surface area contributed by atoms with E-state index < -0.39 is 0 Å². The Morgan fingerprint density at radius 1 is 1.04 bits per heavy atom. The highest BCUT2D eigenvalue weighted by molar-refractivity contribution is 6.03. The molecule has 3 aromatic rings. The maximum Gasteiger partial charge on any atom is 0.278 e. The molecule has 0 unspecified atom stereocenters. The molecule has 6 heteroatoms. The highest BCUT2D eigenvalue weighted by Crippen LogP contribution is 2.17. The zero-order valence-electron chi connectivity index (χ0n) is 13.7. The first-order valence-corrected chi connectivity index (χ1v) is 7.52. The predicted molar refractivity (Wildman–Crippen MR) is 89.9 cm³/mol. The van der Waals surface area contributed by atoms with E-state index in [1.54, 1.807) is 19.1 Å². The predicted octanol–water partition coefficient (Wildman–Crippen LogP) is 3.58. The summed E-state index contributed by atoms with van der Waals surface area (Å²) in [6.45, 7) is 5.75. The summed E-state index contributed by atoms with van der Waals surface area (Å²) in [6, 6.07) is 11.6. The van der Waals surface area contributed by atoms with Crippen LogP contribution in [0.1, 0.15) is 27.3 Å². The summed E-state index contributed by atoms with van der Waals surface area (Å²) in [5.74, 6) is -0.659. The Bertz CT molecular complexity index is 900. The number of carbonyl (C=O) groups excluding carboxylic acids is 1. The molecule has 0 aliphatic carbocycles. The number of hydrogen-bond donors (Lipinski definition) is 1. The van der Waals surface area contributed by atoms with Gasteiger partial charge in [-0.05, 0) is 68.3 Å². The minimum atomic E-state index is -0.330. The summed E-state index contributed by atoms with van der Waals surface area (Å²) in [5.41, 5.74) is 4.43. The SMILES string of the molecule is Cc1ccc(NC(=O)c2nnn(-c3ccc(F)cc3)c2C)cc1C. The summed E-state index contributed by atoms with van der Waals surface area (Å²) in [4.78, 5) is 12.4. The molecule has 0 aliphatic rings. The summed E-state index contributed by atoms with van der Waals surface area (Å²) in [6.07, 6.45) is 0. The highest BCUT2D eigenvalue weighted by atomic mass is 19.1. The molecular weight excluding hydrogens is 307 g/mol. The zero-order valence-corrected chi connectivity index (χ0v) is 13.7. The summed E-state index contributed by atoms with van der Waals surface area (Å²) in [5, 5.41) is 10.8. The van der Waals surface area contributed by atoms with Gasteiger partial charge in [-0.3, -0.25) is 4.79 Å². The van der Waals surface area contributed by atoms with Crippen LogP contribution in [0.2, 0.25) is 0 Å². The van der Waals surface area contributed by atoms with E-state index in [0.717, 1.165) is 11.1 Å². The number of halogens is 1. The highest BCUT2D eigenvalue weighted by Gasteiger charge is 2.17. The number of nitrogens with zero attached hydrogens (tertiary/aromatic N) is 3. The van der Waals surface area contributed by atoms with Gasteiger partial charge in [0.25, 0.3) is 5.91 Å². The number of aromatic nitrogens is 3. The Balaban J connectivity index is 1.85. The van der Waals surface area contributed by atoms with Crippen LogP contribution in [-0.2, 0) is 0 Å². The average molecular weight is 324 g/mol. The molecule has 1 amide bonds. The van der Waals surface area contributed by atoms with Crippen molar-refractivity contribution < 1.29 is 9.18 Å². The molecule has 0 aliphatic heterocycles. The van der Waals surface area contributed by atoms with Crippen molar-refractivity contribution in [2.24, 2.45) is 0 Å². The Morgan fingerprint density at radius 3 is 2.42 bits per heavy atom. The molecule has 0 radical (unpaired) electrons. The van der Waals surface area contributed by atoms with Gasteiger partial charge in [-0.2, -0.15) is 0 Å². The molecule has 5 nitrogen and oxygen atoms in total. The van der Waals surface area contributed by atoms with Gasteiger partial charge in [-0.15, -0.1) is 5.10 Å². The van der Waals surface area contributed by atoms with E-state index in [1.165, 1.54) is 16.8 Å². The van der Waals surface area contributed by atoms with E-state index >= 15 is 0 Å². The van der Waals surface area contributed by atoms with Gasteiger partial charge < -0.3 is 5.32 Å². The fraction of sp³-hybridized carbons (Fsp3) is 0.167. The molecule has 1 aromatic heterocycles. The van der Waals surface area contributed by atoms with Crippen LogP contribution in [0.15, 0.2) is 42.5 Å². The first-order chi connectivity index (χ1) is 11.5. The molecule has 24 heavy (non-hydrogen) atoms. The van der Waals surface area contributed by atoms with E-state index in [2.05, 4.69) is 15.6 Å². The molecule has 0 fully saturated rings. The number of nitrogens with one attached hydrogen (secondary N) is 1. The zero-order chi connectivity index (χ0) is 17.3. The monoisotopic (exact) mass is 324 g/mol. The maximum absolute atomic E-state index is 13.0. The fourth-order valence-electron chi connectivity index (χ4n) is 2.38. The Labute approximate surface area is 139 Å². The van der Waals surface area contributed by atoms with Crippen LogP contribution in [0.25, 0.3) is 5.69 Å². The summed E-state index contributed by atoms with van der Waals surface area (Å²) < 4.78 is 14.5.